The molecule has 236 valence electrons. The van der Waals surface area contributed by atoms with Crippen LogP contribution in [0.1, 0.15) is 27.2 Å². The zero-order chi connectivity index (χ0) is 31.9. The third-order valence-electron chi connectivity index (χ3n) is 6.14. The molecule has 0 spiro atoms. The Morgan fingerprint density at radius 3 is 1.15 bits per heavy atom. The molecule has 0 heterocycles. The molecule has 22 heteroatoms. The van der Waals surface area contributed by atoms with Crippen LogP contribution in [0.5, 0.6) is 0 Å². The van der Waals surface area contributed by atoms with Crippen LogP contribution in [-0.2, 0) is 10.0 Å². The minimum absolute atomic E-state index is 0.0447. The Balaban J connectivity index is 6.44. The summed E-state index contributed by atoms with van der Waals surface area (Å²) in [6.45, 7) is 4.75. The van der Waals surface area contributed by atoms with E-state index in [0.29, 0.717) is 24.4 Å². The standard InChI is InChI=1S/C17H22F17N2O2S/c1-4-36(5-2,6-3)9-7-8-35-39(37,38)17(33,34)15(28,29)13(24,25)11(20,21)10(18,19)12(22,23)14(26,27)16(30,31)32/h35H,4-9H2,1-3H3/q+1. The summed E-state index contributed by atoms with van der Waals surface area (Å²) in [5.74, 6) is -51.6. The highest BCUT2D eigenvalue weighted by atomic mass is 32.2. The molecule has 39 heavy (non-hydrogen) atoms. The first kappa shape index (κ1) is 37.7. The Labute approximate surface area is 210 Å². The van der Waals surface area contributed by atoms with E-state index in [4.69, 9.17) is 0 Å². The van der Waals surface area contributed by atoms with Gasteiger partial charge in [-0.15, -0.1) is 0 Å². The van der Waals surface area contributed by atoms with Gasteiger partial charge in [-0.2, -0.15) is 74.6 Å². The molecule has 0 saturated carbocycles. The smallest absolute Gasteiger partial charge is 0.324 e. The summed E-state index contributed by atoms with van der Waals surface area (Å²) in [7, 11) is -7.25. The molecule has 0 aromatic carbocycles. The minimum atomic E-state index is -8.83. The Hall–Kier alpha value is -1.32. The molecule has 0 radical (unpaired) electrons. The molecular formula is C17H22F17N2O2S+. The normalized spacial score (nSPS) is 16.1. The molecule has 0 amide bonds. The monoisotopic (exact) mass is 641 g/mol. The Morgan fingerprint density at radius 2 is 0.846 bits per heavy atom. The summed E-state index contributed by atoms with van der Waals surface area (Å²) in [4.78, 5) is 0. The van der Waals surface area contributed by atoms with Crippen LogP contribution in [0.4, 0.5) is 74.6 Å². The van der Waals surface area contributed by atoms with E-state index in [-0.39, 0.29) is 11.0 Å². The molecule has 0 atom stereocenters. The molecule has 0 rings (SSSR count). The summed E-state index contributed by atoms with van der Waals surface area (Å²) in [6, 6.07) is 0. The second kappa shape index (κ2) is 10.8. The lowest BCUT2D eigenvalue weighted by Crippen LogP contribution is -2.75. The van der Waals surface area contributed by atoms with Gasteiger partial charge in [0.2, 0.25) is 0 Å². The summed E-state index contributed by atoms with van der Waals surface area (Å²) < 4.78 is 250. The quantitative estimate of drug-likeness (QED) is 0.133. The van der Waals surface area contributed by atoms with Crippen LogP contribution in [0.3, 0.4) is 0 Å². The highest BCUT2D eigenvalue weighted by Gasteiger charge is 2.96. The molecular weight excluding hydrogens is 619 g/mol. The van der Waals surface area contributed by atoms with E-state index in [1.165, 1.54) is 0 Å². The highest BCUT2D eigenvalue weighted by molar-refractivity contribution is 7.90. The number of quaternary nitrogens is 1. The molecule has 0 aromatic heterocycles. The topological polar surface area (TPSA) is 46.2 Å². The van der Waals surface area contributed by atoms with Crippen LogP contribution in [0, 0.1) is 0 Å². The predicted octanol–water partition coefficient (Wildman–Crippen LogP) is 6.14. The third-order valence-corrected chi connectivity index (χ3v) is 7.66. The van der Waals surface area contributed by atoms with Crippen molar-refractivity contribution in [1.29, 1.82) is 0 Å². The second-order valence-corrected chi connectivity index (χ2v) is 10.0. The zero-order valence-electron chi connectivity index (χ0n) is 19.8. The van der Waals surface area contributed by atoms with Crippen LogP contribution in [-0.4, -0.2) is 92.6 Å². The first-order chi connectivity index (χ1) is 16.9. The van der Waals surface area contributed by atoms with Crippen LogP contribution in [0.2, 0.25) is 0 Å². The van der Waals surface area contributed by atoms with Gasteiger partial charge in [-0.1, -0.05) is 0 Å². The third kappa shape index (κ3) is 5.61. The molecule has 0 unspecified atom stereocenters. The minimum Gasteiger partial charge on any atom is -0.324 e. The average Bonchev–Trinajstić information content (AvgIpc) is 2.78. The van der Waals surface area contributed by atoms with Gasteiger partial charge in [0, 0.05) is 13.0 Å². The number of nitrogens with zero attached hydrogens (tertiary/aromatic N) is 1. The SMILES string of the molecule is CC[N+](CC)(CC)CCCNS(=O)(=O)C(F)(F)C(F)(F)C(F)(F)C(F)(F)C(F)(F)C(F)(F)C(F)(F)C(F)(F)F. The van der Waals surface area contributed by atoms with E-state index in [1.54, 1.807) is 20.8 Å². The number of nitrogens with one attached hydrogen (secondary N) is 1. The number of sulfonamides is 1. The number of hydrogen-bond acceptors (Lipinski definition) is 2. The summed E-state index contributed by atoms with van der Waals surface area (Å²) in [6.07, 6.45) is -8.34. The molecule has 0 fully saturated rings. The molecule has 0 bridgehead atoms. The molecule has 0 aliphatic heterocycles. The highest BCUT2D eigenvalue weighted by Crippen LogP contribution is 2.64. The Morgan fingerprint density at radius 1 is 0.538 bits per heavy atom. The van der Waals surface area contributed by atoms with E-state index in [2.05, 4.69) is 0 Å². The van der Waals surface area contributed by atoms with Gasteiger partial charge in [0.15, 0.2) is 0 Å². The lowest BCUT2D eigenvalue weighted by molar-refractivity contribution is -0.923. The van der Waals surface area contributed by atoms with Crippen molar-refractivity contribution in [3.05, 3.63) is 0 Å². The lowest BCUT2D eigenvalue weighted by Gasteiger charge is -2.42. The van der Waals surface area contributed by atoms with Gasteiger partial charge in [0.1, 0.15) is 0 Å². The summed E-state index contributed by atoms with van der Waals surface area (Å²) in [5, 5.41) is -7.53. The maximum atomic E-state index is 14.0. The Bertz CT molecular complexity index is 935. The van der Waals surface area contributed by atoms with E-state index in [1.807, 2.05) is 0 Å². The van der Waals surface area contributed by atoms with Crippen molar-refractivity contribution >= 4 is 10.0 Å². The fourth-order valence-corrected chi connectivity index (χ4v) is 4.24. The van der Waals surface area contributed by atoms with Gasteiger partial charge < -0.3 is 4.48 Å². The van der Waals surface area contributed by atoms with Gasteiger partial charge in [-0.05, 0) is 20.8 Å². The number of hydrogen-bond donors (Lipinski definition) is 1. The van der Waals surface area contributed by atoms with E-state index in [0.717, 1.165) is 0 Å². The first-order valence-electron chi connectivity index (χ1n) is 10.4. The molecule has 0 saturated heterocycles. The first-order valence-corrected chi connectivity index (χ1v) is 11.9. The number of rotatable bonds is 15. The molecule has 0 aromatic rings. The van der Waals surface area contributed by atoms with Crippen molar-refractivity contribution in [2.75, 3.05) is 32.7 Å². The van der Waals surface area contributed by atoms with Gasteiger partial charge in [-0.3, -0.25) is 0 Å². The maximum Gasteiger partial charge on any atom is 0.460 e. The molecule has 0 aliphatic rings. The van der Waals surface area contributed by atoms with E-state index < -0.39 is 70.0 Å². The fourth-order valence-electron chi connectivity index (χ4n) is 3.18. The van der Waals surface area contributed by atoms with Crippen molar-refractivity contribution in [2.45, 2.75) is 74.2 Å². The zero-order valence-corrected chi connectivity index (χ0v) is 20.7. The van der Waals surface area contributed by atoms with Gasteiger partial charge >= 0.3 is 47.0 Å². The lowest BCUT2D eigenvalue weighted by atomic mass is 9.91. The molecule has 1 N–H and O–H groups in total. The van der Waals surface area contributed by atoms with Crippen LogP contribution >= 0.6 is 0 Å². The van der Waals surface area contributed by atoms with Crippen molar-refractivity contribution < 1.29 is 87.5 Å². The van der Waals surface area contributed by atoms with Crippen LogP contribution < -0.4 is 4.72 Å². The maximum absolute atomic E-state index is 14.0. The number of halogens is 17. The van der Waals surface area contributed by atoms with Gasteiger partial charge in [0.25, 0.3) is 10.0 Å². The largest absolute Gasteiger partial charge is 0.460 e. The molecule has 0 aliphatic carbocycles. The van der Waals surface area contributed by atoms with Crippen LogP contribution in [0.25, 0.3) is 0 Å². The van der Waals surface area contributed by atoms with Crippen molar-refractivity contribution in [3.63, 3.8) is 0 Å². The average molecular weight is 641 g/mol. The van der Waals surface area contributed by atoms with Gasteiger partial charge in [0.05, 0.1) is 26.2 Å². The van der Waals surface area contributed by atoms with Crippen molar-refractivity contribution in [2.24, 2.45) is 0 Å². The fraction of sp³-hybridized carbons (Fsp3) is 1.00. The second-order valence-electron chi connectivity index (χ2n) is 8.23. The summed E-state index contributed by atoms with van der Waals surface area (Å²) in [5.41, 5.74) is 0. The van der Waals surface area contributed by atoms with E-state index in [9.17, 15) is 83.1 Å². The molecule has 4 nitrogen and oxygen atoms in total. The number of alkyl halides is 17. The summed E-state index contributed by atoms with van der Waals surface area (Å²) >= 11 is 0. The predicted molar refractivity (Wildman–Crippen MR) is 99.0 cm³/mol. The van der Waals surface area contributed by atoms with Crippen molar-refractivity contribution in [3.8, 4) is 0 Å². The van der Waals surface area contributed by atoms with Gasteiger partial charge in [-0.25, -0.2) is 13.1 Å². The Kier molecular flexibility index (Phi) is 10.5. The van der Waals surface area contributed by atoms with E-state index >= 15 is 0 Å². The van der Waals surface area contributed by atoms with Crippen molar-refractivity contribution in [1.82, 2.24) is 4.72 Å². The van der Waals surface area contributed by atoms with Crippen LogP contribution in [0.15, 0.2) is 0 Å².